The van der Waals surface area contributed by atoms with Crippen LogP contribution in [0.2, 0.25) is 0 Å². The molecule has 0 aliphatic rings. The highest BCUT2D eigenvalue weighted by Crippen LogP contribution is 2.30. The third kappa shape index (κ3) is 2.33. The molecular weight excluding hydrogens is 220 g/mol. The second-order valence-corrected chi connectivity index (χ2v) is 4.24. The monoisotopic (exact) mass is 233 g/mol. The summed E-state index contributed by atoms with van der Waals surface area (Å²) in [7, 11) is 0. The van der Waals surface area contributed by atoms with Gasteiger partial charge in [-0.25, -0.2) is 8.78 Å². The number of hydrogen-bond donors (Lipinski definition) is 0. The molecule has 17 heavy (non-hydrogen) atoms. The maximum absolute atomic E-state index is 13.7. The van der Waals surface area contributed by atoms with Gasteiger partial charge in [0, 0.05) is 29.6 Å². The molecule has 1 aromatic heterocycles. The Labute approximate surface area is 99.1 Å². The van der Waals surface area contributed by atoms with Gasteiger partial charge in [-0.05, 0) is 29.7 Å². The van der Waals surface area contributed by atoms with Crippen LogP contribution < -0.4 is 0 Å². The van der Waals surface area contributed by atoms with Crippen molar-refractivity contribution in [2.75, 3.05) is 0 Å². The van der Waals surface area contributed by atoms with Crippen LogP contribution in [0.25, 0.3) is 11.1 Å². The molecule has 0 aliphatic heterocycles. The molecule has 0 atom stereocenters. The minimum absolute atomic E-state index is 0.262. The van der Waals surface area contributed by atoms with Gasteiger partial charge in [-0.3, -0.25) is 4.98 Å². The lowest BCUT2D eigenvalue weighted by molar-refractivity contribution is 0.585. The molecule has 1 heterocycles. The molecule has 0 fully saturated rings. The fourth-order valence-electron chi connectivity index (χ4n) is 1.84. The van der Waals surface area contributed by atoms with E-state index >= 15 is 0 Å². The molecule has 0 spiro atoms. The fraction of sp³-hybridized carbons (Fsp3) is 0.214. The van der Waals surface area contributed by atoms with Crippen LogP contribution in [0.1, 0.15) is 25.3 Å². The average molecular weight is 233 g/mol. The molecule has 0 aliphatic carbocycles. The molecule has 2 aromatic rings. The summed E-state index contributed by atoms with van der Waals surface area (Å²) in [6, 6.07) is 5.47. The van der Waals surface area contributed by atoms with Crippen molar-refractivity contribution < 1.29 is 8.78 Å². The zero-order valence-electron chi connectivity index (χ0n) is 9.74. The minimum atomic E-state index is -0.568. The third-order valence-corrected chi connectivity index (χ3v) is 2.70. The van der Waals surface area contributed by atoms with E-state index < -0.39 is 11.6 Å². The molecule has 1 aromatic carbocycles. The van der Waals surface area contributed by atoms with Gasteiger partial charge in [0.15, 0.2) is 0 Å². The maximum atomic E-state index is 13.7. The van der Waals surface area contributed by atoms with Gasteiger partial charge in [-0.15, -0.1) is 0 Å². The maximum Gasteiger partial charge on any atom is 0.134 e. The molecule has 3 heteroatoms. The zero-order valence-corrected chi connectivity index (χ0v) is 9.74. The molecular formula is C14H13F2N. The summed E-state index contributed by atoms with van der Waals surface area (Å²) >= 11 is 0. The highest BCUT2D eigenvalue weighted by Gasteiger charge is 2.12. The van der Waals surface area contributed by atoms with E-state index in [9.17, 15) is 8.78 Å². The minimum Gasteiger partial charge on any atom is -0.264 e. The van der Waals surface area contributed by atoms with Crippen LogP contribution in [0.5, 0.6) is 0 Å². The van der Waals surface area contributed by atoms with E-state index in [1.165, 1.54) is 12.1 Å². The summed E-state index contributed by atoms with van der Waals surface area (Å²) in [6.45, 7) is 4.06. The number of halogens is 2. The van der Waals surface area contributed by atoms with Crippen LogP contribution in [0.3, 0.4) is 0 Å². The Morgan fingerprint density at radius 3 is 2.47 bits per heavy atom. The lowest BCUT2D eigenvalue weighted by Crippen LogP contribution is -1.95. The van der Waals surface area contributed by atoms with Crippen molar-refractivity contribution in [3.63, 3.8) is 0 Å². The van der Waals surface area contributed by atoms with Gasteiger partial charge >= 0.3 is 0 Å². The highest BCUT2D eigenvalue weighted by molar-refractivity contribution is 5.67. The van der Waals surface area contributed by atoms with Gasteiger partial charge in [0.1, 0.15) is 11.6 Å². The summed E-state index contributed by atoms with van der Waals surface area (Å²) in [5.74, 6) is -0.862. The highest BCUT2D eigenvalue weighted by atomic mass is 19.1. The van der Waals surface area contributed by atoms with E-state index in [1.807, 2.05) is 19.9 Å². The Hall–Kier alpha value is -1.77. The molecule has 0 saturated carbocycles. The summed E-state index contributed by atoms with van der Waals surface area (Å²) < 4.78 is 26.6. The molecule has 1 nitrogen and oxygen atoms in total. The van der Waals surface area contributed by atoms with Gasteiger partial charge in [-0.1, -0.05) is 13.8 Å². The van der Waals surface area contributed by atoms with Gasteiger partial charge in [0.2, 0.25) is 0 Å². The van der Waals surface area contributed by atoms with Crippen molar-refractivity contribution in [3.05, 3.63) is 53.9 Å². The quantitative estimate of drug-likeness (QED) is 0.759. The van der Waals surface area contributed by atoms with E-state index in [-0.39, 0.29) is 5.92 Å². The lowest BCUT2D eigenvalue weighted by atomic mass is 9.94. The van der Waals surface area contributed by atoms with Gasteiger partial charge < -0.3 is 0 Å². The summed E-state index contributed by atoms with van der Waals surface area (Å²) in [4.78, 5) is 4.01. The van der Waals surface area contributed by atoms with E-state index in [2.05, 4.69) is 4.98 Å². The van der Waals surface area contributed by atoms with E-state index in [0.29, 0.717) is 5.56 Å². The topological polar surface area (TPSA) is 12.9 Å². The molecule has 0 radical (unpaired) electrons. The number of nitrogens with zero attached hydrogens (tertiary/aromatic N) is 1. The molecule has 0 saturated heterocycles. The smallest absolute Gasteiger partial charge is 0.134 e. The van der Waals surface area contributed by atoms with Crippen LogP contribution in [0.15, 0.2) is 36.7 Å². The standard InChI is InChI=1S/C14H13F2N/c1-9(2)11-5-6-17-8-13(11)12-4-3-10(15)7-14(12)16/h3-9H,1-2H3. The number of rotatable bonds is 2. The van der Waals surface area contributed by atoms with Crippen molar-refractivity contribution in [2.45, 2.75) is 19.8 Å². The van der Waals surface area contributed by atoms with Crippen LogP contribution in [-0.2, 0) is 0 Å². The first-order chi connectivity index (χ1) is 8.09. The van der Waals surface area contributed by atoms with E-state index in [0.717, 1.165) is 17.2 Å². The Balaban J connectivity index is 2.60. The van der Waals surface area contributed by atoms with Crippen LogP contribution in [0, 0.1) is 11.6 Å². The summed E-state index contributed by atoms with van der Waals surface area (Å²) in [5, 5.41) is 0. The first kappa shape index (κ1) is 11.7. The number of aromatic nitrogens is 1. The molecule has 0 bridgehead atoms. The zero-order chi connectivity index (χ0) is 12.4. The van der Waals surface area contributed by atoms with Crippen LogP contribution in [-0.4, -0.2) is 4.98 Å². The normalized spacial score (nSPS) is 10.9. The number of pyridine rings is 1. The Morgan fingerprint density at radius 1 is 1.06 bits per heavy atom. The molecule has 0 amide bonds. The predicted molar refractivity (Wildman–Crippen MR) is 63.7 cm³/mol. The SMILES string of the molecule is CC(C)c1ccncc1-c1ccc(F)cc1F. The lowest BCUT2D eigenvalue weighted by Gasteiger charge is -2.12. The van der Waals surface area contributed by atoms with Crippen LogP contribution in [0.4, 0.5) is 8.78 Å². The first-order valence-electron chi connectivity index (χ1n) is 5.49. The Bertz CT molecular complexity index is 535. The first-order valence-corrected chi connectivity index (χ1v) is 5.49. The Kier molecular flexibility index (Phi) is 3.18. The van der Waals surface area contributed by atoms with Crippen molar-refractivity contribution in [1.82, 2.24) is 4.98 Å². The van der Waals surface area contributed by atoms with Gasteiger partial charge in [0.25, 0.3) is 0 Å². The Morgan fingerprint density at radius 2 is 1.82 bits per heavy atom. The van der Waals surface area contributed by atoms with Gasteiger partial charge in [-0.2, -0.15) is 0 Å². The van der Waals surface area contributed by atoms with Crippen molar-refractivity contribution >= 4 is 0 Å². The van der Waals surface area contributed by atoms with E-state index in [1.54, 1.807) is 12.4 Å². The van der Waals surface area contributed by atoms with Crippen LogP contribution >= 0.6 is 0 Å². The number of hydrogen-bond acceptors (Lipinski definition) is 1. The summed E-state index contributed by atoms with van der Waals surface area (Å²) in [5.41, 5.74) is 2.12. The second kappa shape index (κ2) is 4.62. The summed E-state index contributed by atoms with van der Waals surface area (Å²) in [6.07, 6.45) is 3.30. The molecule has 0 unspecified atom stereocenters. The molecule has 2 rings (SSSR count). The van der Waals surface area contributed by atoms with Crippen molar-refractivity contribution in [1.29, 1.82) is 0 Å². The number of benzene rings is 1. The largest absolute Gasteiger partial charge is 0.264 e. The average Bonchev–Trinajstić information content (AvgIpc) is 2.29. The molecule has 0 N–H and O–H groups in total. The van der Waals surface area contributed by atoms with Gasteiger partial charge in [0.05, 0.1) is 0 Å². The van der Waals surface area contributed by atoms with Crippen molar-refractivity contribution in [3.8, 4) is 11.1 Å². The van der Waals surface area contributed by atoms with E-state index in [4.69, 9.17) is 0 Å². The second-order valence-electron chi connectivity index (χ2n) is 4.24. The third-order valence-electron chi connectivity index (χ3n) is 2.70. The van der Waals surface area contributed by atoms with Crippen molar-refractivity contribution in [2.24, 2.45) is 0 Å². The predicted octanol–water partition coefficient (Wildman–Crippen LogP) is 4.15. The fourth-order valence-corrected chi connectivity index (χ4v) is 1.84. The molecule has 88 valence electrons.